The topological polar surface area (TPSA) is 17.1 Å². The Kier molecular flexibility index (Phi) is 4.73. The molecule has 0 aliphatic carbocycles. The molecular weight excluding hydrogens is 244 g/mol. The van der Waals surface area contributed by atoms with E-state index >= 15 is 0 Å². The fourth-order valence-electron chi connectivity index (χ4n) is 2.32. The monoisotopic (exact) mass is 266 g/mol. The highest BCUT2D eigenvalue weighted by Crippen LogP contribution is 2.19. The van der Waals surface area contributed by atoms with E-state index in [1.807, 2.05) is 30.3 Å². The molecule has 0 amide bonds. The second kappa shape index (κ2) is 6.51. The molecule has 2 aromatic carbocycles. The van der Waals surface area contributed by atoms with Crippen molar-refractivity contribution < 1.29 is 4.79 Å². The zero-order chi connectivity index (χ0) is 14.5. The fourth-order valence-corrected chi connectivity index (χ4v) is 2.32. The van der Waals surface area contributed by atoms with Gasteiger partial charge in [0.2, 0.25) is 0 Å². The molecule has 0 radical (unpaired) electrons. The SMILES string of the molecule is CCC(C)c1ccc(C(=O)Cc2ccccc2C)cc1. The average Bonchev–Trinajstić information content (AvgIpc) is 2.49. The number of hydrogen-bond acceptors (Lipinski definition) is 1. The van der Waals surface area contributed by atoms with Crippen molar-refractivity contribution in [3.05, 3.63) is 70.8 Å². The second-order valence-corrected chi connectivity index (χ2v) is 5.46. The van der Waals surface area contributed by atoms with Gasteiger partial charge in [0.25, 0.3) is 0 Å². The summed E-state index contributed by atoms with van der Waals surface area (Å²) < 4.78 is 0. The predicted octanol–water partition coefficient (Wildman–Crippen LogP) is 4.93. The van der Waals surface area contributed by atoms with Crippen LogP contribution < -0.4 is 0 Å². The van der Waals surface area contributed by atoms with Gasteiger partial charge in [-0.05, 0) is 36.0 Å². The molecule has 0 saturated heterocycles. The molecule has 0 spiro atoms. The zero-order valence-corrected chi connectivity index (χ0v) is 12.5. The highest BCUT2D eigenvalue weighted by atomic mass is 16.1. The van der Waals surface area contributed by atoms with Crippen LogP contribution in [0.4, 0.5) is 0 Å². The number of carbonyl (C=O) groups excluding carboxylic acids is 1. The van der Waals surface area contributed by atoms with Crippen molar-refractivity contribution in [3.63, 3.8) is 0 Å². The minimum atomic E-state index is 0.190. The van der Waals surface area contributed by atoms with E-state index in [-0.39, 0.29) is 5.78 Å². The van der Waals surface area contributed by atoms with Crippen molar-refractivity contribution >= 4 is 5.78 Å². The zero-order valence-electron chi connectivity index (χ0n) is 12.5. The smallest absolute Gasteiger partial charge is 0.167 e. The van der Waals surface area contributed by atoms with Gasteiger partial charge in [0.05, 0.1) is 0 Å². The maximum absolute atomic E-state index is 12.3. The lowest BCUT2D eigenvalue weighted by atomic mass is 9.95. The number of Topliss-reactive ketones (excluding diaryl/α,β-unsaturated/α-hetero) is 1. The van der Waals surface area contributed by atoms with Crippen molar-refractivity contribution in [2.45, 2.75) is 39.5 Å². The third kappa shape index (κ3) is 3.36. The molecule has 0 aromatic heterocycles. The summed E-state index contributed by atoms with van der Waals surface area (Å²) in [6.07, 6.45) is 1.60. The first-order valence-electron chi connectivity index (χ1n) is 7.29. The number of aryl methyl sites for hydroxylation is 1. The molecule has 2 rings (SSSR count). The maximum Gasteiger partial charge on any atom is 0.167 e. The van der Waals surface area contributed by atoms with Gasteiger partial charge in [0.1, 0.15) is 0 Å². The first-order valence-corrected chi connectivity index (χ1v) is 7.29. The first kappa shape index (κ1) is 14.5. The molecule has 2 aromatic rings. The molecule has 1 nitrogen and oxygen atoms in total. The lowest BCUT2D eigenvalue weighted by molar-refractivity contribution is 0.0992. The molecule has 0 heterocycles. The van der Waals surface area contributed by atoms with E-state index in [1.165, 1.54) is 11.1 Å². The Morgan fingerprint density at radius 3 is 2.30 bits per heavy atom. The normalized spacial score (nSPS) is 12.2. The van der Waals surface area contributed by atoms with Gasteiger partial charge in [-0.15, -0.1) is 0 Å². The van der Waals surface area contributed by atoms with Crippen LogP contribution in [0.15, 0.2) is 48.5 Å². The van der Waals surface area contributed by atoms with Crippen LogP contribution in [0.3, 0.4) is 0 Å². The van der Waals surface area contributed by atoms with Gasteiger partial charge in [-0.25, -0.2) is 0 Å². The molecule has 0 N–H and O–H groups in total. The third-order valence-corrected chi connectivity index (χ3v) is 4.03. The molecule has 1 heteroatoms. The van der Waals surface area contributed by atoms with Crippen LogP contribution in [0, 0.1) is 6.92 Å². The minimum absolute atomic E-state index is 0.190. The van der Waals surface area contributed by atoms with E-state index in [4.69, 9.17) is 0 Å². The van der Waals surface area contributed by atoms with E-state index in [9.17, 15) is 4.79 Å². The minimum Gasteiger partial charge on any atom is -0.294 e. The average molecular weight is 266 g/mol. The van der Waals surface area contributed by atoms with Crippen LogP contribution in [0.5, 0.6) is 0 Å². The van der Waals surface area contributed by atoms with Crippen molar-refractivity contribution in [1.82, 2.24) is 0 Å². The van der Waals surface area contributed by atoms with Gasteiger partial charge in [-0.2, -0.15) is 0 Å². The summed E-state index contributed by atoms with van der Waals surface area (Å²) in [5.74, 6) is 0.741. The number of ketones is 1. The van der Waals surface area contributed by atoms with Crippen molar-refractivity contribution in [2.24, 2.45) is 0 Å². The van der Waals surface area contributed by atoms with Gasteiger partial charge in [0.15, 0.2) is 5.78 Å². The van der Waals surface area contributed by atoms with E-state index in [2.05, 4.69) is 39.0 Å². The van der Waals surface area contributed by atoms with Crippen LogP contribution >= 0.6 is 0 Å². The summed E-state index contributed by atoms with van der Waals surface area (Å²) in [6, 6.07) is 16.2. The van der Waals surface area contributed by atoms with Crippen molar-refractivity contribution in [2.75, 3.05) is 0 Å². The highest BCUT2D eigenvalue weighted by Gasteiger charge is 2.09. The van der Waals surface area contributed by atoms with Gasteiger partial charge in [0, 0.05) is 12.0 Å². The Morgan fingerprint density at radius 2 is 1.70 bits per heavy atom. The van der Waals surface area contributed by atoms with E-state index in [1.54, 1.807) is 0 Å². The number of benzene rings is 2. The molecule has 0 aliphatic rings. The van der Waals surface area contributed by atoms with Crippen LogP contribution in [-0.2, 0) is 6.42 Å². The Balaban J connectivity index is 2.12. The predicted molar refractivity (Wildman–Crippen MR) is 84.4 cm³/mol. The van der Waals surface area contributed by atoms with E-state index < -0.39 is 0 Å². The molecule has 1 atom stereocenters. The fraction of sp³-hybridized carbons (Fsp3) is 0.316. The lowest BCUT2D eigenvalue weighted by Crippen LogP contribution is -2.05. The summed E-state index contributed by atoms with van der Waals surface area (Å²) in [6.45, 7) is 6.45. The number of hydrogen-bond donors (Lipinski definition) is 0. The highest BCUT2D eigenvalue weighted by molar-refractivity contribution is 5.97. The van der Waals surface area contributed by atoms with E-state index in [0.717, 1.165) is 17.5 Å². The second-order valence-electron chi connectivity index (χ2n) is 5.46. The van der Waals surface area contributed by atoms with Crippen LogP contribution in [0.2, 0.25) is 0 Å². The summed E-state index contributed by atoms with van der Waals surface area (Å²) in [5, 5.41) is 0. The summed E-state index contributed by atoms with van der Waals surface area (Å²) in [5.41, 5.74) is 4.40. The molecule has 0 saturated carbocycles. The molecule has 0 bridgehead atoms. The molecular formula is C19H22O. The Labute approximate surface area is 121 Å². The maximum atomic E-state index is 12.3. The molecule has 1 unspecified atom stereocenters. The molecule has 104 valence electrons. The van der Waals surface area contributed by atoms with Gasteiger partial charge in [-0.1, -0.05) is 62.4 Å². The van der Waals surface area contributed by atoms with E-state index in [0.29, 0.717) is 12.3 Å². The van der Waals surface area contributed by atoms with Crippen LogP contribution in [-0.4, -0.2) is 5.78 Å². The first-order chi connectivity index (χ1) is 9.61. The Morgan fingerprint density at radius 1 is 1.05 bits per heavy atom. The quantitative estimate of drug-likeness (QED) is 0.701. The Hall–Kier alpha value is -1.89. The van der Waals surface area contributed by atoms with Crippen molar-refractivity contribution in [1.29, 1.82) is 0 Å². The molecule has 20 heavy (non-hydrogen) atoms. The van der Waals surface area contributed by atoms with Crippen molar-refractivity contribution in [3.8, 4) is 0 Å². The Bertz CT molecular complexity index is 581. The summed E-state index contributed by atoms with van der Waals surface area (Å²) >= 11 is 0. The van der Waals surface area contributed by atoms with Gasteiger partial charge < -0.3 is 0 Å². The largest absolute Gasteiger partial charge is 0.294 e. The van der Waals surface area contributed by atoms with Crippen LogP contribution in [0.25, 0.3) is 0 Å². The lowest BCUT2D eigenvalue weighted by Gasteiger charge is -2.10. The molecule has 0 aliphatic heterocycles. The number of rotatable bonds is 5. The van der Waals surface area contributed by atoms with Gasteiger partial charge in [-0.3, -0.25) is 4.79 Å². The molecule has 0 fully saturated rings. The number of carbonyl (C=O) groups is 1. The standard InChI is InChI=1S/C19H22O/c1-4-14(2)16-9-11-17(12-10-16)19(20)13-18-8-6-5-7-15(18)3/h5-12,14H,4,13H2,1-3H3. The van der Waals surface area contributed by atoms with Crippen LogP contribution in [0.1, 0.15) is 53.2 Å². The third-order valence-electron chi connectivity index (χ3n) is 4.03. The summed E-state index contributed by atoms with van der Waals surface area (Å²) in [7, 11) is 0. The van der Waals surface area contributed by atoms with Gasteiger partial charge >= 0.3 is 0 Å². The summed E-state index contributed by atoms with van der Waals surface area (Å²) in [4.78, 5) is 12.3.